The van der Waals surface area contributed by atoms with Gasteiger partial charge in [-0.25, -0.2) is 9.18 Å². The molecule has 0 aliphatic carbocycles. The van der Waals surface area contributed by atoms with Gasteiger partial charge in [0, 0.05) is 5.69 Å². The van der Waals surface area contributed by atoms with Crippen LogP contribution in [0, 0.1) is 12.7 Å². The number of halogens is 3. The topological polar surface area (TPSA) is 55.4 Å². The summed E-state index contributed by atoms with van der Waals surface area (Å²) in [7, 11) is 0. The molecular weight excluding hydrogens is 392 g/mol. The minimum atomic E-state index is -1.10. The van der Waals surface area contributed by atoms with Crippen LogP contribution in [0.1, 0.15) is 48.2 Å². The molecule has 27 heavy (non-hydrogen) atoms. The van der Waals surface area contributed by atoms with Gasteiger partial charge in [-0.3, -0.25) is 4.79 Å². The smallest absolute Gasteiger partial charge is 0.340 e. The molecule has 0 aromatic heterocycles. The molecule has 144 valence electrons. The number of rotatable bonds is 5. The molecule has 0 aliphatic rings. The fourth-order valence-electron chi connectivity index (χ4n) is 2.52. The predicted molar refractivity (Wildman–Crippen MR) is 105 cm³/mol. The lowest BCUT2D eigenvalue weighted by Crippen LogP contribution is -2.30. The van der Waals surface area contributed by atoms with Gasteiger partial charge < -0.3 is 10.1 Å². The van der Waals surface area contributed by atoms with Crippen molar-refractivity contribution in [3.05, 3.63) is 62.9 Å². The Morgan fingerprint density at radius 3 is 2.41 bits per heavy atom. The fraction of sp³-hybridized carbons (Fsp3) is 0.300. The third kappa shape index (κ3) is 4.99. The van der Waals surface area contributed by atoms with Gasteiger partial charge in [-0.15, -0.1) is 0 Å². The first kappa shape index (κ1) is 21.2. The Morgan fingerprint density at radius 1 is 1.11 bits per heavy atom. The third-order valence-corrected chi connectivity index (χ3v) is 4.66. The van der Waals surface area contributed by atoms with E-state index < -0.39 is 23.8 Å². The molecule has 2 aromatic rings. The second kappa shape index (κ2) is 8.72. The molecule has 2 aromatic carbocycles. The number of esters is 1. The summed E-state index contributed by atoms with van der Waals surface area (Å²) in [6, 6.07) is 7.73. The molecule has 0 fully saturated rings. The van der Waals surface area contributed by atoms with E-state index in [1.165, 1.54) is 6.92 Å². The highest BCUT2D eigenvalue weighted by atomic mass is 35.5. The number of hydrogen-bond acceptors (Lipinski definition) is 3. The highest BCUT2D eigenvalue weighted by Crippen LogP contribution is 2.28. The summed E-state index contributed by atoms with van der Waals surface area (Å²) in [6.45, 7) is 7.35. The lowest BCUT2D eigenvalue weighted by molar-refractivity contribution is -0.123. The number of ether oxygens (including phenoxy) is 1. The average Bonchev–Trinajstić information content (AvgIpc) is 2.59. The fourth-order valence-corrected chi connectivity index (χ4v) is 2.98. The van der Waals surface area contributed by atoms with E-state index in [9.17, 15) is 14.0 Å². The van der Waals surface area contributed by atoms with E-state index >= 15 is 0 Å². The molecule has 0 saturated carbocycles. The molecule has 0 aliphatic heterocycles. The maximum atomic E-state index is 13.6. The molecular formula is C20H20Cl2FNO3. The van der Waals surface area contributed by atoms with E-state index in [2.05, 4.69) is 5.32 Å². The Kier molecular flexibility index (Phi) is 6.84. The van der Waals surface area contributed by atoms with Crippen molar-refractivity contribution in [3.63, 3.8) is 0 Å². The number of nitrogens with one attached hydrogen (secondary N) is 1. The summed E-state index contributed by atoms with van der Waals surface area (Å²) in [6.07, 6.45) is -1.10. The van der Waals surface area contributed by atoms with Gasteiger partial charge >= 0.3 is 5.97 Å². The number of aryl methyl sites for hydroxylation is 1. The van der Waals surface area contributed by atoms with Crippen LogP contribution < -0.4 is 5.32 Å². The van der Waals surface area contributed by atoms with E-state index in [4.69, 9.17) is 27.9 Å². The summed E-state index contributed by atoms with van der Waals surface area (Å²) >= 11 is 11.5. The first-order chi connectivity index (χ1) is 12.6. The lowest BCUT2D eigenvalue weighted by Gasteiger charge is -2.19. The van der Waals surface area contributed by atoms with Gasteiger partial charge in [0.05, 0.1) is 15.6 Å². The van der Waals surface area contributed by atoms with E-state index in [-0.39, 0.29) is 21.5 Å². The summed E-state index contributed by atoms with van der Waals surface area (Å²) < 4.78 is 18.7. The second-order valence-corrected chi connectivity index (χ2v) is 7.29. The Morgan fingerprint density at radius 2 is 1.78 bits per heavy atom. The molecule has 0 spiro atoms. The number of benzene rings is 2. The highest BCUT2D eigenvalue weighted by molar-refractivity contribution is 6.36. The van der Waals surface area contributed by atoms with Crippen molar-refractivity contribution in [3.8, 4) is 0 Å². The molecule has 1 N–H and O–H groups in total. The third-order valence-electron chi connectivity index (χ3n) is 4.06. The average molecular weight is 412 g/mol. The zero-order valence-corrected chi connectivity index (χ0v) is 16.9. The van der Waals surface area contributed by atoms with Gasteiger partial charge in [-0.1, -0.05) is 55.2 Å². The van der Waals surface area contributed by atoms with Crippen LogP contribution in [0.5, 0.6) is 0 Å². The molecule has 2 rings (SSSR count). The number of hydrogen-bond donors (Lipinski definition) is 1. The van der Waals surface area contributed by atoms with Crippen LogP contribution in [-0.4, -0.2) is 18.0 Å². The van der Waals surface area contributed by atoms with E-state index in [0.717, 1.165) is 23.3 Å². The normalized spacial score (nSPS) is 12.0. The molecule has 1 amide bonds. The van der Waals surface area contributed by atoms with Crippen LogP contribution >= 0.6 is 23.2 Å². The molecule has 0 unspecified atom stereocenters. The van der Waals surface area contributed by atoms with Crippen LogP contribution in [0.2, 0.25) is 10.0 Å². The number of carbonyl (C=O) groups excluding carboxylic acids is 2. The minimum Gasteiger partial charge on any atom is -0.449 e. The lowest BCUT2D eigenvalue weighted by atomic mass is 9.98. The zero-order valence-electron chi connectivity index (χ0n) is 15.4. The summed E-state index contributed by atoms with van der Waals surface area (Å²) in [5.41, 5.74) is 2.37. The number of para-hydroxylation sites is 1. The van der Waals surface area contributed by atoms with Crippen LogP contribution in [0.4, 0.5) is 10.1 Å². The molecule has 0 saturated heterocycles. The van der Waals surface area contributed by atoms with Gasteiger partial charge in [0.1, 0.15) is 5.82 Å². The maximum Gasteiger partial charge on any atom is 0.340 e. The molecule has 0 radical (unpaired) electrons. The Labute approximate surface area is 167 Å². The minimum absolute atomic E-state index is 0.0555. The standard InChI is InChI=1S/C20H20Cl2FNO3/c1-10(2)13-7-5-6-11(3)18(13)24-19(25)12(4)27-20(26)14-8-17(23)16(22)9-15(14)21/h5-10,12H,1-4H3,(H,24,25)/t12-/m0/s1. The Bertz CT molecular complexity index is 884. The van der Waals surface area contributed by atoms with Crippen LogP contribution in [-0.2, 0) is 9.53 Å². The summed E-state index contributed by atoms with van der Waals surface area (Å²) in [4.78, 5) is 24.7. The predicted octanol–water partition coefficient (Wildman–Crippen LogP) is 5.75. The van der Waals surface area contributed by atoms with Crippen LogP contribution in [0.25, 0.3) is 0 Å². The molecule has 1 atom stereocenters. The van der Waals surface area contributed by atoms with Gasteiger partial charge in [0.2, 0.25) is 0 Å². The van der Waals surface area contributed by atoms with E-state index in [1.807, 2.05) is 39.0 Å². The monoisotopic (exact) mass is 411 g/mol. The zero-order chi connectivity index (χ0) is 20.3. The van der Waals surface area contributed by atoms with Crippen LogP contribution in [0.15, 0.2) is 30.3 Å². The Balaban J connectivity index is 2.15. The number of carbonyl (C=O) groups is 2. The van der Waals surface area contributed by atoms with Crippen molar-refractivity contribution in [1.82, 2.24) is 0 Å². The van der Waals surface area contributed by atoms with Crippen LogP contribution in [0.3, 0.4) is 0 Å². The van der Waals surface area contributed by atoms with Crippen molar-refractivity contribution < 1.29 is 18.7 Å². The van der Waals surface area contributed by atoms with E-state index in [0.29, 0.717) is 5.69 Å². The molecule has 7 heteroatoms. The highest BCUT2D eigenvalue weighted by Gasteiger charge is 2.23. The van der Waals surface area contributed by atoms with Gasteiger partial charge in [-0.05, 0) is 43.0 Å². The maximum absolute atomic E-state index is 13.6. The summed E-state index contributed by atoms with van der Waals surface area (Å²) in [5.74, 6) is -2.00. The SMILES string of the molecule is Cc1cccc(C(C)C)c1NC(=O)[C@H](C)OC(=O)c1cc(F)c(Cl)cc1Cl. The summed E-state index contributed by atoms with van der Waals surface area (Å²) in [5, 5.41) is 2.55. The van der Waals surface area contributed by atoms with Gasteiger partial charge in [0.25, 0.3) is 5.91 Å². The number of anilines is 1. The Hall–Kier alpha value is -2.11. The van der Waals surface area contributed by atoms with Crippen molar-refractivity contribution in [2.45, 2.75) is 39.7 Å². The number of amides is 1. The molecule has 0 heterocycles. The van der Waals surface area contributed by atoms with Gasteiger partial charge in [-0.2, -0.15) is 0 Å². The van der Waals surface area contributed by atoms with Crippen molar-refractivity contribution in [1.29, 1.82) is 0 Å². The molecule has 0 bridgehead atoms. The quantitative estimate of drug-likeness (QED) is 0.503. The largest absolute Gasteiger partial charge is 0.449 e. The van der Waals surface area contributed by atoms with Crippen molar-refractivity contribution >= 4 is 40.8 Å². The second-order valence-electron chi connectivity index (χ2n) is 6.48. The van der Waals surface area contributed by atoms with Crippen molar-refractivity contribution in [2.24, 2.45) is 0 Å². The molecule has 4 nitrogen and oxygen atoms in total. The van der Waals surface area contributed by atoms with E-state index in [1.54, 1.807) is 0 Å². The first-order valence-corrected chi connectivity index (χ1v) is 9.13. The van der Waals surface area contributed by atoms with Crippen molar-refractivity contribution in [2.75, 3.05) is 5.32 Å². The van der Waals surface area contributed by atoms with Gasteiger partial charge in [0.15, 0.2) is 6.10 Å². The first-order valence-electron chi connectivity index (χ1n) is 8.37.